The highest BCUT2D eigenvalue weighted by Crippen LogP contribution is 2.36. The molecule has 15 heavy (non-hydrogen) atoms. The zero-order chi connectivity index (χ0) is 10.1. The van der Waals surface area contributed by atoms with Gasteiger partial charge in [-0.1, -0.05) is 6.07 Å². The Morgan fingerprint density at radius 1 is 1.47 bits per heavy atom. The Morgan fingerprint density at radius 2 is 2.20 bits per heavy atom. The number of halogens is 1. The Kier molecular flexibility index (Phi) is 3.79. The van der Waals surface area contributed by atoms with E-state index in [0.29, 0.717) is 18.8 Å². The molecule has 0 saturated heterocycles. The van der Waals surface area contributed by atoms with E-state index in [1.807, 2.05) is 0 Å². The van der Waals surface area contributed by atoms with E-state index in [2.05, 4.69) is 5.32 Å². The number of rotatable bonds is 1. The lowest BCUT2D eigenvalue weighted by Gasteiger charge is -2.23. The molecule has 1 aliphatic rings. The Bertz CT molecular complexity index is 357. The molecular weight excluding hydrogens is 218 g/mol. The zero-order valence-corrected chi connectivity index (χ0v) is 9.17. The molecule has 1 aromatic rings. The largest absolute Gasteiger partial charge is 0.504 e. The monoisotopic (exact) mass is 231 g/mol. The maximum Gasteiger partial charge on any atom is 0.162 e. The van der Waals surface area contributed by atoms with Crippen molar-refractivity contribution >= 4 is 12.4 Å². The molecule has 0 fully saturated rings. The first kappa shape index (κ1) is 12.1. The molecule has 0 amide bonds. The van der Waals surface area contributed by atoms with E-state index in [0.717, 1.165) is 11.1 Å². The molecule has 4 nitrogen and oxygen atoms in total. The van der Waals surface area contributed by atoms with Crippen molar-refractivity contribution in [2.75, 3.05) is 13.7 Å². The average molecular weight is 232 g/mol. The van der Waals surface area contributed by atoms with Crippen LogP contribution in [0.1, 0.15) is 17.2 Å². The molecule has 1 aromatic carbocycles. The van der Waals surface area contributed by atoms with Gasteiger partial charge in [-0.05, 0) is 11.6 Å². The minimum Gasteiger partial charge on any atom is -0.504 e. The second kappa shape index (κ2) is 4.70. The van der Waals surface area contributed by atoms with Gasteiger partial charge in [0.05, 0.1) is 13.2 Å². The number of nitrogens with one attached hydrogen (secondary N) is 1. The molecule has 0 bridgehead atoms. The van der Waals surface area contributed by atoms with E-state index in [1.54, 1.807) is 12.1 Å². The molecule has 0 saturated carbocycles. The highest BCUT2D eigenvalue weighted by atomic mass is 35.5. The predicted molar refractivity (Wildman–Crippen MR) is 58.6 cm³/mol. The number of phenolic OH excluding ortho intramolecular Hbond substituents is 1. The summed E-state index contributed by atoms with van der Waals surface area (Å²) in [6.45, 7) is 1.09. The highest BCUT2D eigenvalue weighted by Gasteiger charge is 2.21. The van der Waals surface area contributed by atoms with Gasteiger partial charge < -0.3 is 20.3 Å². The minimum atomic E-state index is -0.546. The number of aromatic hydroxyl groups is 1. The van der Waals surface area contributed by atoms with Crippen molar-refractivity contribution in [2.45, 2.75) is 12.6 Å². The zero-order valence-electron chi connectivity index (χ0n) is 8.36. The smallest absolute Gasteiger partial charge is 0.162 e. The molecule has 1 aliphatic heterocycles. The van der Waals surface area contributed by atoms with E-state index in [-0.39, 0.29) is 18.2 Å². The van der Waals surface area contributed by atoms with E-state index in [4.69, 9.17) is 4.74 Å². The van der Waals surface area contributed by atoms with Crippen LogP contribution >= 0.6 is 12.4 Å². The van der Waals surface area contributed by atoms with Gasteiger partial charge in [0, 0.05) is 18.7 Å². The molecule has 5 heteroatoms. The van der Waals surface area contributed by atoms with E-state index < -0.39 is 6.10 Å². The van der Waals surface area contributed by atoms with Crippen molar-refractivity contribution in [1.82, 2.24) is 5.32 Å². The average Bonchev–Trinajstić information content (AvgIpc) is 2.20. The van der Waals surface area contributed by atoms with Gasteiger partial charge in [0.2, 0.25) is 0 Å². The van der Waals surface area contributed by atoms with Crippen LogP contribution in [-0.2, 0) is 6.54 Å². The molecule has 2 rings (SSSR count). The van der Waals surface area contributed by atoms with Crippen LogP contribution in [0, 0.1) is 0 Å². The van der Waals surface area contributed by atoms with Crippen molar-refractivity contribution in [3.05, 3.63) is 23.3 Å². The maximum absolute atomic E-state index is 9.78. The first-order valence-corrected chi connectivity index (χ1v) is 4.51. The van der Waals surface area contributed by atoms with E-state index >= 15 is 0 Å². The fourth-order valence-electron chi connectivity index (χ4n) is 1.74. The number of methoxy groups -OCH3 is 1. The molecule has 1 atom stereocenters. The lowest BCUT2D eigenvalue weighted by molar-refractivity contribution is 0.163. The topological polar surface area (TPSA) is 61.7 Å². The number of phenols is 1. The van der Waals surface area contributed by atoms with E-state index in [1.165, 1.54) is 7.11 Å². The number of hydrogen-bond acceptors (Lipinski definition) is 4. The van der Waals surface area contributed by atoms with Crippen LogP contribution < -0.4 is 10.1 Å². The third-order valence-corrected chi connectivity index (χ3v) is 2.50. The minimum absolute atomic E-state index is 0. The third-order valence-electron chi connectivity index (χ3n) is 2.50. The fraction of sp³-hybridized carbons (Fsp3) is 0.400. The van der Waals surface area contributed by atoms with Crippen LogP contribution in [0.3, 0.4) is 0 Å². The predicted octanol–water partition coefficient (Wildman–Crippen LogP) is 0.959. The SMILES string of the molecule is COc1ccc2c(c1O)CNCC2O.Cl. The van der Waals surface area contributed by atoms with Crippen molar-refractivity contribution in [1.29, 1.82) is 0 Å². The molecule has 0 aromatic heterocycles. The summed E-state index contributed by atoms with van der Waals surface area (Å²) < 4.78 is 4.99. The summed E-state index contributed by atoms with van der Waals surface area (Å²) in [5.41, 5.74) is 1.50. The number of ether oxygens (including phenoxy) is 1. The summed E-state index contributed by atoms with van der Waals surface area (Å²) >= 11 is 0. The molecular formula is C10H14ClNO3. The molecule has 0 aliphatic carbocycles. The van der Waals surface area contributed by atoms with Crippen molar-refractivity contribution < 1.29 is 14.9 Å². The van der Waals surface area contributed by atoms with Crippen molar-refractivity contribution in [3.8, 4) is 11.5 Å². The lowest BCUT2D eigenvalue weighted by Crippen LogP contribution is -2.28. The van der Waals surface area contributed by atoms with Gasteiger partial charge in [-0.3, -0.25) is 0 Å². The standard InChI is InChI=1S/C10H13NO3.ClH/c1-14-9-3-2-6-7(10(9)13)4-11-5-8(6)12;/h2-3,8,11-13H,4-5H2,1H3;1H. The summed E-state index contributed by atoms with van der Waals surface area (Å²) in [5, 5.41) is 22.4. The Labute approximate surface area is 94.3 Å². The van der Waals surface area contributed by atoms with Crippen LogP contribution in [0.2, 0.25) is 0 Å². The van der Waals surface area contributed by atoms with E-state index in [9.17, 15) is 10.2 Å². The summed E-state index contributed by atoms with van der Waals surface area (Å²) in [7, 11) is 1.51. The van der Waals surface area contributed by atoms with Crippen LogP contribution in [0.4, 0.5) is 0 Å². The third kappa shape index (κ3) is 2.02. The van der Waals surface area contributed by atoms with Gasteiger partial charge in [-0.15, -0.1) is 12.4 Å². The number of aliphatic hydroxyl groups excluding tert-OH is 1. The fourth-order valence-corrected chi connectivity index (χ4v) is 1.74. The first-order valence-electron chi connectivity index (χ1n) is 4.51. The molecule has 3 N–H and O–H groups in total. The van der Waals surface area contributed by atoms with Crippen LogP contribution in [-0.4, -0.2) is 23.9 Å². The van der Waals surface area contributed by atoms with Gasteiger partial charge in [-0.25, -0.2) is 0 Å². The van der Waals surface area contributed by atoms with Crippen molar-refractivity contribution in [2.24, 2.45) is 0 Å². The van der Waals surface area contributed by atoms with Crippen molar-refractivity contribution in [3.63, 3.8) is 0 Å². The highest BCUT2D eigenvalue weighted by molar-refractivity contribution is 5.85. The number of β-amino-alcohol motifs (C(OH)–C–C–N with tert-alkyl or cyclic N) is 1. The Hall–Kier alpha value is -0.970. The van der Waals surface area contributed by atoms with Gasteiger partial charge in [-0.2, -0.15) is 0 Å². The summed E-state index contributed by atoms with van der Waals surface area (Å²) in [6.07, 6.45) is -0.546. The summed E-state index contributed by atoms with van der Waals surface area (Å²) in [4.78, 5) is 0. The molecule has 1 unspecified atom stereocenters. The second-order valence-corrected chi connectivity index (χ2v) is 3.33. The normalized spacial score (nSPS) is 18.9. The first-order chi connectivity index (χ1) is 6.74. The van der Waals surface area contributed by atoms with Gasteiger partial charge in [0.15, 0.2) is 11.5 Å². The number of aliphatic hydroxyl groups is 1. The van der Waals surface area contributed by atoms with Crippen LogP contribution in [0.25, 0.3) is 0 Å². The summed E-state index contributed by atoms with van der Waals surface area (Å²) in [5.74, 6) is 0.566. The number of hydrogen-bond donors (Lipinski definition) is 3. The second-order valence-electron chi connectivity index (χ2n) is 3.33. The van der Waals surface area contributed by atoms with Crippen LogP contribution in [0.5, 0.6) is 11.5 Å². The molecule has 1 heterocycles. The molecule has 0 spiro atoms. The van der Waals surface area contributed by atoms with Crippen LogP contribution in [0.15, 0.2) is 12.1 Å². The Morgan fingerprint density at radius 3 is 2.87 bits per heavy atom. The number of fused-ring (bicyclic) bond motifs is 1. The quantitative estimate of drug-likeness (QED) is 0.674. The van der Waals surface area contributed by atoms with Gasteiger partial charge in [0.25, 0.3) is 0 Å². The summed E-state index contributed by atoms with van der Waals surface area (Å²) in [6, 6.07) is 3.46. The van der Waals surface area contributed by atoms with Gasteiger partial charge in [0.1, 0.15) is 0 Å². The molecule has 84 valence electrons. The number of benzene rings is 1. The Balaban J connectivity index is 0.00000112. The maximum atomic E-state index is 9.78. The molecule has 0 radical (unpaired) electrons. The lowest BCUT2D eigenvalue weighted by atomic mass is 9.97. The van der Waals surface area contributed by atoms with Gasteiger partial charge >= 0.3 is 0 Å².